The van der Waals surface area contributed by atoms with Crippen LogP contribution in [0.2, 0.25) is 0 Å². The topological polar surface area (TPSA) is 21.3 Å². The van der Waals surface area contributed by atoms with Crippen molar-refractivity contribution in [2.75, 3.05) is 13.2 Å². The standard InChI is InChI=1S/C18H21NO/c1-2-19-17-9-6-12-20-18-11-10-15(13-16(17)18)14-7-4-3-5-8-14/h3-5,7-8,10-11,13,17,19H,2,6,9,12H2,1H3. The molecule has 0 amide bonds. The van der Waals surface area contributed by atoms with Gasteiger partial charge in [-0.15, -0.1) is 0 Å². The summed E-state index contributed by atoms with van der Waals surface area (Å²) in [7, 11) is 0. The van der Waals surface area contributed by atoms with Crippen molar-refractivity contribution in [1.29, 1.82) is 0 Å². The predicted molar refractivity (Wildman–Crippen MR) is 83.0 cm³/mol. The predicted octanol–water partition coefficient (Wildman–Crippen LogP) is 4.18. The van der Waals surface area contributed by atoms with Gasteiger partial charge in [0.25, 0.3) is 0 Å². The summed E-state index contributed by atoms with van der Waals surface area (Å²) in [5.41, 5.74) is 3.82. The Morgan fingerprint density at radius 1 is 1.10 bits per heavy atom. The third kappa shape index (κ3) is 2.70. The van der Waals surface area contributed by atoms with Crippen LogP contribution < -0.4 is 10.1 Å². The van der Waals surface area contributed by atoms with Gasteiger partial charge >= 0.3 is 0 Å². The Bertz CT molecular complexity index is 565. The van der Waals surface area contributed by atoms with Crippen molar-refractivity contribution in [2.45, 2.75) is 25.8 Å². The molecule has 0 bridgehead atoms. The largest absolute Gasteiger partial charge is 0.493 e. The van der Waals surface area contributed by atoms with Gasteiger partial charge in [-0.2, -0.15) is 0 Å². The van der Waals surface area contributed by atoms with Crippen molar-refractivity contribution in [3.63, 3.8) is 0 Å². The molecule has 2 nitrogen and oxygen atoms in total. The summed E-state index contributed by atoms with van der Waals surface area (Å²) in [6.07, 6.45) is 2.24. The first-order valence-corrected chi connectivity index (χ1v) is 7.44. The molecular weight excluding hydrogens is 246 g/mol. The van der Waals surface area contributed by atoms with Crippen LogP contribution in [0.15, 0.2) is 48.5 Å². The summed E-state index contributed by atoms with van der Waals surface area (Å²) in [6, 6.07) is 17.5. The van der Waals surface area contributed by atoms with Crippen LogP contribution in [0.5, 0.6) is 5.75 Å². The molecule has 3 rings (SSSR count). The fourth-order valence-electron chi connectivity index (χ4n) is 2.85. The molecule has 2 aromatic rings. The number of fused-ring (bicyclic) bond motifs is 1. The Morgan fingerprint density at radius 2 is 1.95 bits per heavy atom. The van der Waals surface area contributed by atoms with Gasteiger partial charge in [-0.05, 0) is 42.6 Å². The summed E-state index contributed by atoms with van der Waals surface area (Å²) in [6.45, 7) is 3.96. The summed E-state index contributed by atoms with van der Waals surface area (Å²) in [5, 5.41) is 3.58. The number of hydrogen-bond donors (Lipinski definition) is 1. The molecule has 104 valence electrons. The summed E-state index contributed by atoms with van der Waals surface area (Å²) >= 11 is 0. The second-order valence-electron chi connectivity index (χ2n) is 5.22. The van der Waals surface area contributed by atoms with E-state index in [2.05, 4.69) is 60.8 Å². The Morgan fingerprint density at radius 3 is 2.75 bits per heavy atom. The van der Waals surface area contributed by atoms with Crippen LogP contribution in [-0.4, -0.2) is 13.2 Å². The number of benzene rings is 2. The number of rotatable bonds is 3. The maximum Gasteiger partial charge on any atom is 0.124 e. The van der Waals surface area contributed by atoms with E-state index in [4.69, 9.17) is 4.74 Å². The van der Waals surface area contributed by atoms with Gasteiger partial charge in [-0.3, -0.25) is 0 Å². The van der Waals surface area contributed by atoms with Crippen molar-refractivity contribution in [3.8, 4) is 16.9 Å². The fourth-order valence-corrected chi connectivity index (χ4v) is 2.85. The lowest BCUT2D eigenvalue weighted by Crippen LogP contribution is -2.20. The van der Waals surface area contributed by atoms with Crippen molar-refractivity contribution < 1.29 is 4.74 Å². The monoisotopic (exact) mass is 267 g/mol. The van der Waals surface area contributed by atoms with E-state index < -0.39 is 0 Å². The van der Waals surface area contributed by atoms with E-state index in [1.54, 1.807) is 0 Å². The van der Waals surface area contributed by atoms with Crippen LogP contribution in [0.25, 0.3) is 11.1 Å². The second-order valence-corrected chi connectivity index (χ2v) is 5.22. The molecule has 0 fully saturated rings. The Kier molecular flexibility index (Phi) is 4.03. The number of nitrogens with one attached hydrogen (secondary N) is 1. The van der Waals surface area contributed by atoms with Crippen molar-refractivity contribution in [1.82, 2.24) is 5.32 Å². The maximum atomic E-state index is 5.88. The van der Waals surface area contributed by atoms with Crippen molar-refractivity contribution in [3.05, 3.63) is 54.1 Å². The zero-order valence-electron chi connectivity index (χ0n) is 11.9. The molecule has 1 heterocycles. The minimum atomic E-state index is 0.404. The van der Waals surface area contributed by atoms with Crippen molar-refractivity contribution >= 4 is 0 Å². The molecule has 2 aromatic carbocycles. The molecule has 1 aliphatic rings. The quantitative estimate of drug-likeness (QED) is 0.901. The van der Waals surface area contributed by atoms with Crippen molar-refractivity contribution in [2.24, 2.45) is 0 Å². The smallest absolute Gasteiger partial charge is 0.124 e. The highest BCUT2D eigenvalue weighted by Crippen LogP contribution is 2.34. The van der Waals surface area contributed by atoms with Gasteiger partial charge in [0.2, 0.25) is 0 Å². The van der Waals surface area contributed by atoms with E-state index in [0.717, 1.165) is 31.7 Å². The van der Waals surface area contributed by atoms with Gasteiger partial charge < -0.3 is 10.1 Å². The Balaban J connectivity index is 2.01. The van der Waals surface area contributed by atoms with E-state index in [9.17, 15) is 0 Å². The van der Waals surface area contributed by atoms with E-state index in [1.165, 1.54) is 16.7 Å². The van der Waals surface area contributed by atoms with Gasteiger partial charge in [0.15, 0.2) is 0 Å². The second kappa shape index (κ2) is 6.10. The van der Waals surface area contributed by atoms with Crippen LogP contribution in [0.1, 0.15) is 31.4 Å². The average molecular weight is 267 g/mol. The van der Waals surface area contributed by atoms with Crippen LogP contribution in [-0.2, 0) is 0 Å². The summed E-state index contributed by atoms with van der Waals surface area (Å²) < 4.78 is 5.88. The molecule has 0 aromatic heterocycles. The highest BCUT2D eigenvalue weighted by Gasteiger charge is 2.19. The molecule has 0 radical (unpaired) electrons. The van der Waals surface area contributed by atoms with E-state index in [0.29, 0.717) is 6.04 Å². The summed E-state index contributed by atoms with van der Waals surface area (Å²) in [4.78, 5) is 0. The highest BCUT2D eigenvalue weighted by atomic mass is 16.5. The molecule has 0 saturated heterocycles. The summed E-state index contributed by atoms with van der Waals surface area (Å²) in [5.74, 6) is 1.04. The van der Waals surface area contributed by atoms with Crippen LogP contribution in [0, 0.1) is 0 Å². The first kappa shape index (κ1) is 13.2. The van der Waals surface area contributed by atoms with Crippen LogP contribution >= 0.6 is 0 Å². The van der Waals surface area contributed by atoms with Gasteiger partial charge in [0.1, 0.15) is 5.75 Å². The maximum absolute atomic E-state index is 5.88. The first-order chi connectivity index (χ1) is 9.88. The normalized spacial score (nSPS) is 17.9. The molecule has 2 heteroatoms. The lowest BCUT2D eigenvalue weighted by molar-refractivity contribution is 0.315. The highest BCUT2D eigenvalue weighted by molar-refractivity contribution is 5.66. The molecule has 1 atom stereocenters. The van der Waals surface area contributed by atoms with E-state index in [-0.39, 0.29) is 0 Å². The molecule has 0 aliphatic carbocycles. The molecule has 0 saturated carbocycles. The van der Waals surface area contributed by atoms with Crippen LogP contribution in [0.4, 0.5) is 0 Å². The minimum Gasteiger partial charge on any atom is -0.493 e. The lowest BCUT2D eigenvalue weighted by atomic mass is 9.97. The SMILES string of the molecule is CCNC1CCCOc2ccc(-c3ccccc3)cc21. The zero-order chi connectivity index (χ0) is 13.8. The third-order valence-electron chi connectivity index (χ3n) is 3.84. The van der Waals surface area contributed by atoms with E-state index >= 15 is 0 Å². The molecule has 1 unspecified atom stereocenters. The molecule has 0 spiro atoms. The third-order valence-corrected chi connectivity index (χ3v) is 3.84. The van der Waals surface area contributed by atoms with Gasteiger partial charge in [0, 0.05) is 11.6 Å². The Hall–Kier alpha value is -1.80. The zero-order valence-corrected chi connectivity index (χ0v) is 11.9. The molecule has 20 heavy (non-hydrogen) atoms. The van der Waals surface area contributed by atoms with Crippen LogP contribution in [0.3, 0.4) is 0 Å². The molecule has 1 N–H and O–H groups in total. The Labute approximate surface area is 120 Å². The van der Waals surface area contributed by atoms with Gasteiger partial charge in [-0.1, -0.05) is 43.3 Å². The fraction of sp³-hybridized carbons (Fsp3) is 0.333. The van der Waals surface area contributed by atoms with Gasteiger partial charge in [0.05, 0.1) is 6.61 Å². The van der Waals surface area contributed by atoms with Gasteiger partial charge in [-0.25, -0.2) is 0 Å². The molecular formula is C18H21NO. The number of hydrogen-bond acceptors (Lipinski definition) is 2. The minimum absolute atomic E-state index is 0.404. The molecule has 1 aliphatic heterocycles. The first-order valence-electron chi connectivity index (χ1n) is 7.44. The van der Waals surface area contributed by atoms with E-state index in [1.807, 2.05) is 0 Å². The lowest BCUT2D eigenvalue weighted by Gasteiger charge is -2.18. The average Bonchev–Trinajstić information content (AvgIpc) is 2.71. The number of ether oxygens (including phenoxy) is 1.